The Morgan fingerprint density at radius 2 is 2.00 bits per heavy atom. The molecule has 1 aromatic carbocycles. The number of piperazine rings is 1. The zero-order valence-electron chi connectivity index (χ0n) is 16.3. The summed E-state index contributed by atoms with van der Waals surface area (Å²) in [5, 5.41) is 13.3. The number of rotatable bonds is 6. The molecule has 1 saturated heterocycles. The number of aliphatic hydroxyl groups excluding tert-OH is 1. The standard InChI is InChI=1S/C21H25N5O2S/c27-20(19-12-29-14-24-19)11-25-6-8-26(9-7-25)15-4-5-18-17(10-15)21(23-13-22-18)28-16-2-1-3-16/h4-5,10,12-14,16,20,27H,1-3,6-9,11H2. The second kappa shape index (κ2) is 8.22. The van der Waals surface area contributed by atoms with E-state index in [9.17, 15) is 5.11 Å². The van der Waals surface area contributed by atoms with Crippen molar-refractivity contribution in [2.75, 3.05) is 37.6 Å². The van der Waals surface area contributed by atoms with Gasteiger partial charge in [-0.1, -0.05) is 0 Å². The fourth-order valence-corrected chi connectivity index (χ4v) is 4.47. The van der Waals surface area contributed by atoms with Crippen LogP contribution in [0.1, 0.15) is 31.1 Å². The number of thiazole rings is 1. The quantitative estimate of drug-likeness (QED) is 0.668. The molecule has 0 amide bonds. The Morgan fingerprint density at radius 3 is 2.72 bits per heavy atom. The molecule has 1 aliphatic heterocycles. The number of hydrogen-bond donors (Lipinski definition) is 1. The van der Waals surface area contributed by atoms with E-state index in [1.54, 1.807) is 11.8 Å². The minimum Gasteiger partial charge on any atom is -0.474 e. The highest BCUT2D eigenvalue weighted by molar-refractivity contribution is 7.07. The first-order chi connectivity index (χ1) is 14.3. The zero-order valence-corrected chi connectivity index (χ0v) is 17.1. The van der Waals surface area contributed by atoms with Crippen molar-refractivity contribution in [1.82, 2.24) is 19.9 Å². The summed E-state index contributed by atoms with van der Waals surface area (Å²) in [4.78, 5) is 17.7. The minimum atomic E-state index is -0.517. The van der Waals surface area contributed by atoms with Gasteiger partial charge in [0.25, 0.3) is 0 Å². The summed E-state index contributed by atoms with van der Waals surface area (Å²) in [6.07, 6.45) is 4.82. The molecular weight excluding hydrogens is 386 g/mol. The van der Waals surface area contributed by atoms with Gasteiger partial charge in [-0.2, -0.15) is 0 Å². The topological polar surface area (TPSA) is 74.6 Å². The summed E-state index contributed by atoms with van der Waals surface area (Å²) in [5.74, 6) is 0.701. The second-order valence-electron chi connectivity index (χ2n) is 7.77. The van der Waals surface area contributed by atoms with Gasteiger partial charge in [0.15, 0.2) is 0 Å². The Labute approximate surface area is 174 Å². The first-order valence-electron chi connectivity index (χ1n) is 10.2. The largest absolute Gasteiger partial charge is 0.474 e. The van der Waals surface area contributed by atoms with Gasteiger partial charge in [-0.05, 0) is 37.5 Å². The average Bonchev–Trinajstić information content (AvgIpc) is 3.26. The van der Waals surface area contributed by atoms with Gasteiger partial charge in [0.05, 0.1) is 22.1 Å². The molecule has 3 heterocycles. The summed E-state index contributed by atoms with van der Waals surface area (Å²) in [5.41, 5.74) is 4.63. The maximum absolute atomic E-state index is 10.4. The molecular formula is C21H25N5O2S. The van der Waals surface area contributed by atoms with E-state index < -0.39 is 6.10 Å². The number of benzene rings is 1. The maximum atomic E-state index is 10.4. The molecule has 5 rings (SSSR count). The van der Waals surface area contributed by atoms with Gasteiger partial charge in [-0.3, -0.25) is 4.90 Å². The third-order valence-electron chi connectivity index (χ3n) is 5.87. The number of fused-ring (bicyclic) bond motifs is 1. The normalized spacial score (nSPS) is 19.3. The fourth-order valence-electron chi connectivity index (χ4n) is 3.87. The molecule has 0 bridgehead atoms. The molecule has 0 spiro atoms. The fraction of sp³-hybridized carbons (Fsp3) is 0.476. The lowest BCUT2D eigenvalue weighted by molar-refractivity contribution is 0.107. The van der Waals surface area contributed by atoms with Gasteiger partial charge < -0.3 is 14.7 Å². The summed E-state index contributed by atoms with van der Waals surface area (Å²) >= 11 is 1.52. The monoisotopic (exact) mass is 411 g/mol. The third-order valence-corrected chi connectivity index (χ3v) is 6.48. The average molecular weight is 412 g/mol. The molecule has 1 N–H and O–H groups in total. The van der Waals surface area contributed by atoms with Crippen molar-refractivity contribution in [1.29, 1.82) is 0 Å². The van der Waals surface area contributed by atoms with E-state index in [1.807, 2.05) is 5.38 Å². The van der Waals surface area contributed by atoms with Crippen molar-refractivity contribution in [3.63, 3.8) is 0 Å². The number of β-amino-alcohol motifs (C(OH)–C–C–N with tert-alkyl or cyclic N) is 1. The number of aliphatic hydroxyl groups is 1. The van der Waals surface area contributed by atoms with E-state index in [2.05, 4.69) is 43.0 Å². The van der Waals surface area contributed by atoms with Gasteiger partial charge >= 0.3 is 0 Å². The number of anilines is 1. The van der Waals surface area contributed by atoms with E-state index in [4.69, 9.17) is 4.74 Å². The second-order valence-corrected chi connectivity index (χ2v) is 8.49. The first kappa shape index (κ1) is 18.7. The van der Waals surface area contributed by atoms with Crippen LogP contribution in [0.3, 0.4) is 0 Å². The Balaban J connectivity index is 1.26. The molecule has 1 saturated carbocycles. The molecule has 2 aliphatic rings. The Bertz CT molecular complexity index is 955. The molecule has 1 aliphatic carbocycles. The van der Waals surface area contributed by atoms with Crippen LogP contribution in [-0.4, -0.2) is 63.8 Å². The third kappa shape index (κ3) is 4.05. The highest BCUT2D eigenvalue weighted by atomic mass is 32.1. The number of hydrogen-bond acceptors (Lipinski definition) is 8. The Morgan fingerprint density at radius 1 is 1.14 bits per heavy atom. The van der Waals surface area contributed by atoms with E-state index in [1.165, 1.54) is 23.4 Å². The predicted molar refractivity (Wildman–Crippen MR) is 114 cm³/mol. The van der Waals surface area contributed by atoms with Gasteiger partial charge in [-0.25, -0.2) is 15.0 Å². The maximum Gasteiger partial charge on any atom is 0.224 e. The molecule has 7 nitrogen and oxygen atoms in total. The summed E-state index contributed by atoms with van der Waals surface area (Å²) in [7, 11) is 0. The number of ether oxygens (including phenoxy) is 1. The van der Waals surface area contributed by atoms with Crippen molar-refractivity contribution in [2.45, 2.75) is 31.5 Å². The summed E-state index contributed by atoms with van der Waals surface area (Å²) in [6.45, 7) is 4.29. The van der Waals surface area contributed by atoms with Crippen molar-refractivity contribution in [3.8, 4) is 5.88 Å². The van der Waals surface area contributed by atoms with Crippen molar-refractivity contribution >= 4 is 27.9 Å². The van der Waals surface area contributed by atoms with Crippen LogP contribution in [0.15, 0.2) is 35.4 Å². The lowest BCUT2D eigenvalue weighted by atomic mass is 9.96. The summed E-state index contributed by atoms with van der Waals surface area (Å²) < 4.78 is 6.09. The Kier molecular flexibility index (Phi) is 5.30. The molecule has 8 heteroatoms. The molecule has 3 aromatic rings. The lowest BCUT2D eigenvalue weighted by Gasteiger charge is -2.36. The Hall–Kier alpha value is -2.29. The molecule has 1 atom stereocenters. The molecule has 152 valence electrons. The smallest absolute Gasteiger partial charge is 0.224 e. The molecule has 2 fully saturated rings. The van der Waals surface area contributed by atoms with Crippen molar-refractivity contribution in [2.24, 2.45) is 0 Å². The van der Waals surface area contributed by atoms with Crippen molar-refractivity contribution in [3.05, 3.63) is 41.1 Å². The zero-order chi connectivity index (χ0) is 19.6. The minimum absolute atomic E-state index is 0.296. The highest BCUT2D eigenvalue weighted by Gasteiger charge is 2.23. The van der Waals surface area contributed by atoms with E-state index in [-0.39, 0.29) is 0 Å². The molecule has 1 unspecified atom stereocenters. The number of aromatic nitrogens is 3. The predicted octanol–water partition coefficient (Wildman–Crippen LogP) is 2.87. The van der Waals surface area contributed by atoms with E-state index in [0.29, 0.717) is 18.5 Å². The highest BCUT2D eigenvalue weighted by Crippen LogP contribution is 2.31. The van der Waals surface area contributed by atoms with Crippen LogP contribution in [-0.2, 0) is 0 Å². The van der Waals surface area contributed by atoms with Crippen molar-refractivity contribution < 1.29 is 9.84 Å². The van der Waals surface area contributed by atoms with Crippen LogP contribution in [0.5, 0.6) is 5.88 Å². The van der Waals surface area contributed by atoms with Gasteiger partial charge in [0.1, 0.15) is 18.5 Å². The van der Waals surface area contributed by atoms with Crippen LogP contribution >= 0.6 is 11.3 Å². The number of nitrogens with zero attached hydrogens (tertiary/aromatic N) is 5. The van der Waals surface area contributed by atoms with Crippen LogP contribution in [0, 0.1) is 0 Å². The molecule has 29 heavy (non-hydrogen) atoms. The molecule has 2 aromatic heterocycles. The van der Waals surface area contributed by atoms with Crippen LogP contribution in [0.25, 0.3) is 10.9 Å². The van der Waals surface area contributed by atoms with Crippen LogP contribution in [0.4, 0.5) is 5.69 Å². The summed E-state index contributed by atoms with van der Waals surface area (Å²) in [6, 6.07) is 6.34. The van der Waals surface area contributed by atoms with Gasteiger partial charge in [-0.15, -0.1) is 11.3 Å². The van der Waals surface area contributed by atoms with Crippen LogP contribution < -0.4 is 9.64 Å². The molecule has 0 radical (unpaired) electrons. The van der Waals surface area contributed by atoms with Gasteiger partial charge in [0, 0.05) is 43.8 Å². The van der Waals surface area contributed by atoms with Gasteiger partial charge in [0.2, 0.25) is 5.88 Å². The SMILES string of the molecule is OC(CN1CCN(c2ccc3ncnc(OC4CCC4)c3c2)CC1)c1cscn1. The van der Waals surface area contributed by atoms with E-state index >= 15 is 0 Å². The first-order valence-corrected chi connectivity index (χ1v) is 11.2. The van der Waals surface area contributed by atoms with Crippen LogP contribution in [0.2, 0.25) is 0 Å². The van der Waals surface area contributed by atoms with E-state index in [0.717, 1.165) is 55.6 Å². The lowest BCUT2D eigenvalue weighted by Crippen LogP contribution is -2.47.